The second-order valence-corrected chi connectivity index (χ2v) is 7.93. The molecule has 2 atom stereocenters. The highest BCUT2D eigenvalue weighted by Crippen LogP contribution is 2.22. The van der Waals surface area contributed by atoms with Crippen molar-refractivity contribution in [3.05, 3.63) is 46.7 Å². The second-order valence-electron chi connectivity index (χ2n) is 7.57. The predicted octanol–water partition coefficient (Wildman–Crippen LogP) is -1.85. The minimum Gasteiger partial charge on any atom is -1.00 e. The first kappa shape index (κ1) is 23.7. The van der Waals surface area contributed by atoms with Crippen LogP contribution in [0.15, 0.2) is 35.3 Å². The van der Waals surface area contributed by atoms with Gasteiger partial charge in [0.05, 0.1) is 13.6 Å². The number of amides is 1. The van der Waals surface area contributed by atoms with E-state index in [4.69, 9.17) is 28.8 Å². The van der Waals surface area contributed by atoms with Crippen molar-refractivity contribution in [1.82, 2.24) is 15.3 Å². The van der Waals surface area contributed by atoms with E-state index >= 15 is 0 Å². The summed E-state index contributed by atoms with van der Waals surface area (Å²) in [6.45, 7) is 2.83. The van der Waals surface area contributed by atoms with Gasteiger partial charge in [0.15, 0.2) is 28.4 Å². The molecule has 0 bridgehead atoms. The number of hydrogen-bond donors (Lipinski definition) is 4. The Balaban J connectivity index is 0.00000320. The number of likely N-dealkylation sites (N-methyl/N-ethyl adjacent to an activating group) is 1. The summed E-state index contributed by atoms with van der Waals surface area (Å²) in [7, 11) is 2.22. The van der Waals surface area contributed by atoms with E-state index in [0.717, 1.165) is 37.0 Å². The molecule has 0 aliphatic carbocycles. The summed E-state index contributed by atoms with van der Waals surface area (Å²) in [6, 6.07) is 10.4. The first-order valence-corrected chi connectivity index (χ1v) is 9.74. The number of halogens is 2. The average molecular weight is 453 g/mol. The maximum absolute atomic E-state index is 12.4. The molecule has 1 aromatic carbocycles. The van der Waals surface area contributed by atoms with Crippen LogP contribution in [0.2, 0.25) is 5.15 Å². The monoisotopic (exact) mass is 452 g/mol. The first-order chi connectivity index (χ1) is 13.8. The Kier molecular flexibility index (Phi) is 7.83. The van der Waals surface area contributed by atoms with Gasteiger partial charge in [-0.05, 0) is 12.8 Å². The number of carbonyl (C=O) groups excluding carboxylic acids is 1. The Labute approximate surface area is 186 Å². The molecule has 30 heavy (non-hydrogen) atoms. The zero-order valence-corrected chi connectivity index (χ0v) is 18.2. The SMILES string of the molecule is C[N+]1(Cc2ccccc2)CCC[C@H](N=C(N)NC(=O)c2nc(Cl)c(N)nc2N)C1.[Cl-]. The van der Waals surface area contributed by atoms with Crippen LogP contribution in [0.5, 0.6) is 0 Å². The number of nitrogens with two attached hydrogens (primary N) is 3. The molecule has 0 spiro atoms. The van der Waals surface area contributed by atoms with Crippen LogP contribution in [0.25, 0.3) is 0 Å². The molecule has 1 aliphatic heterocycles. The number of hydrogen-bond acceptors (Lipinski definition) is 6. The lowest BCUT2D eigenvalue weighted by Crippen LogP contribution is -3.00. The molecule has 3 rings (SSSR count). The zero-order valence-electron chi connectivity index (χ0n) is 16.7. The van der Waals surface area contributed by atoms with Crippen LogP contribution in [0.4, 0.5) is 11.6 Å². The predicted molar refractivity (Wildman–Crippen MR) is 114 cm³/mol. The summed E-state index contributed by atoms with van der Waals surface area (Å²) >= 11 is 5.82. The lowest BCUT2D eigenvalue weighted by atomic mass is 10.0. The van der Waals surface area contributed by atoms with Crippen molar-refractivity contribution in [3.63, 3.8) is 0 Å². The van der Waals surface area contributed by atoms with Crippen LogP contribution in [-0.4, -0.2) is 52.5 Å². The number of benzene rings is 1. The van der Waals surface area contributed by atoms with Crippen molar-refractivity contribution < 1.29 is 21.7 Å². The number of aromatic nitrogens is 2. The van der Waals surface area contributed by atoms with Crippen molar-refractivity contribution >= 4 is 35.1 Å². The molecule has 1 aromatic heterocycles. The van der Waals surface area contributed by atoms with E-state index in [1.807, 2.05) is 18.2 Å². The molecule has 7 N–H and O–H groups in total. The van der Waals surface area contributed by atoms with Crippen LogP contribution >= 0.6 is 11.6 Å². The van der Waals surface area contributed by atoms with Gasteiger partial charge in [0.1, 0.15) is 19.1 Å². The highest BCUT2D eigenvalue weighted by molar-refractivity contribution is 6.31. The topological polar surface area (TPSA) is 145 Å². The van der Waals surface area contributed by atoms with E-state index in [2.05, 4.69) is 39.5 Å². The fourth-order valence-electron chi connectivity index (χ4n) is 3.69. The van der Waals surface area contributed by atoms with Crippen molar-refractivity contribution in [2.45, 2.75) is 25.4 Å². The van der Waals surface area contributed by atoms with E-state index in [-0.39, 0.29) is 46.9 Å². The van der Waals surface area contributed by atoms with E-state index < -0.39 is 5.91 Å². The fraction of sp³-hybridized carbons (Fsp3) is 0.368. The zero-order chi connectivity index (χ0) is 21.0. The first-order valence-electron chi connectivity index (χ1n) is 9.36. The summed E-state index contributed by atoms with van der Waals surface area (Å²) in [4.78, 5) is 24.6. The number of nitrogens with zero attached hydrogens (tertiary/aromatic N) is 4. The van der Waals surface area contributed by atoms with E-state index in [1.54, 1.807) is 0 Å². The summed E-state index contributed by atoms with van der Waals surface area (Å²) in [6.07, 6.45) is 1.94. The Morgan fingerprint density at radius 1 is 1.27 bits per heavy atom. The average Bonchev–Trinajstić information content (AvgIpc) is 2.65. The number of aliphatic imine (C=N–C) groups is 1. The summed E-state index contributed by atoms with van der Waals surface area (Å²) < 4.78 is 0.866. The van der Waals surface area contributed by atoms with Gasteiger partial charge < -0.3 is 34.1 Å². The van der Waals surface area contributed by atoms with Crippen LogP contribution in [-0.2, 0) is 6.54 Å². The van der Waals surface area contributed by atoms with E-state index in [9.17, 15) is 4.79 Å². The molecule has 9 nitrogen and oxygen atoms in total. The molecule has 1 amide bonds. The maximum Gasteiger partial charge on any atom is 0.280 e. The van der Waals surface area contributed by atoms with Gasteiger partial charge in [-0.2, -0.15) is 0 Å². The quantitative estimate of drug-likeness (QED) is 0.243. The Hall–Kier alpha value is -2.62. The smallest absolute Gasteiger partial charge is 0.280 e. The number of nitrogens with one attached hydrogen (secondary N) is 1. The minimum atomic E-state index is -0.629. The molecule has 2 heterocycles. The molecule has 11 heteroatoms. The number of nitrogen functional groups attached to an aromatic ring is 2. The third kappa shape index (κ3) is 5.94. The van der Waals surface area contributed by atoms with E-state index in [1.165, 1.54) is 5.56 Å². The lowest BCUT2D eigenvalue weighted by Gasteiger charge is -2.40. The van der Waals surface area contributed by atoms with Gasteiger partial charge in [0.2, 0.25) is 0 Å². The summed E-state index contributed by atoms with van der Waals surface area (Å²) in [5.74, 6) is -0.778. The second kappa shape index (κ2) is 9.92. The number of quaternary nitrogens is 1. The fourth-order valence-corrected chi connectivity index (χ4v) is 3.81. The van der Waals surface area contributed by atoms with Gasteiger partial charge in [0, 0.05) is 5.56 Å². The maximum atomic E-state index is 12.4. The molecule has 1 saturated heterocycles. The van der Waals surface area contributed by atoms with Crippen LogP contribution in [0.1, 0.15) is 28.9 Å². The van der Waals surface area contributed by atoms with Crippen molar-refractivity contribution in [1.29, 1.82) is 0 Å². The van der Waals surface area contributed by atoms with Crippen LogP contribution < -0.4 is 34.9 Å². The molecule has 162 valence electrons. The minimum absolute atomic E-state index is 0. The standard InChI is InChI=1S/C19H25ClN8O.ClH/c1-28(10-12-6-3-2-4-7-12)9-5-8-13(11-28)24-19(23)27-18(29)14-16(21)26-17(22)15(20)25-14;/h2-4,6-7,13H,5,8-11H2,1H3,(H6-,21,22,23,24,26,27,29);1H/t13-,28?;/m0./s1. The highest BCUT2D eigenvalue weighted by atomic mass is 35.5. The number of likely N-dealkylation sites (tertiary alicyclic amines) is 1. The van der Waals surface area contributed by atoms with Gasteiger partial charge in [-0.1, -0.05) is 41.9 Å². The van der Waals surface area contributed by atoms with Crippen molar-refractivity contribution in [2.24, 2.45) is 10.7 Å². The van der Waals surface area contributed by atoms with Crippen LogP contribution in [0, 0.1) is 0 Å². The van der Waals surface area contributed by atoms with Crippen molar-refractivity contribution in [3.8, 4) is 0 Å². The molecule has 2 aromatic rings. The number of rotatable bonds is 4. The van der Waals surface area contributed by atoms with Gasteiger partial charge in [-0.15, -0.1) is 0 Å². The molecular formula is C19H26Cl2N8O. The summed E-state index contributed by atoms with van der Waals surface area (Å²) in [5, 5.41) is 2.41. The van der Waals surface area contributed by atoms with Gasteiger partial charge in [0.25, 0.3) is 5.91 Å². The molecule has 1 aliphatic rings. The number of guanidine groups is 1. The number of piperidine rings is 1. The molecular weight excluding hydrogens is 427 g/mol. The van der Waals surface area contributed by atoms with Gasteiger partial charge >= 0.3 is 0 Å². The summed E-state index contributed by atoms with van der Waals surface area (Å²) in [5.41, 5.74) is 18.3. The van der Waals surface area contributed by atoms with Gasteiger partial charge in [-0.25, -0.2) is 15.0 Å². The highest BCUT2D eigenvalue weighted by Gasteiger charge is 2.31. The largest absolute Gasteiger partial charge is 1.00 e. The number of carbonyl (C=O) groups is 1. The van der Waals surface area contributed by atoms with Gasteiger partial charge in [-0.3, -0.25) is 10.1 Å². The third-order valence-corrected chi connectivity index (χ3v) is 5.26. The molecule has 0 radical (unpaired) electrons. The molecule has 1 fully saturated rings. The number of anilines is 2. The lowest BCUT2D eigenvalue weighted by molar-refractivity contribution is -0.927. The molecule has 1 unspecified atom stereocenters. The third-order valence-electron chi connectivity index (χ3n) is 4.98. The Morgan fingerprint density at radius 3 is 2.67 bits per heavy atom. The van der Waals surface area contributed by atoms with Crippen molar-refractivity contribution in [2.75, 3.05) is 31.6 Å². The Morgan fingerprint density at radius 2 is 1.97 bits per heavy atom. The normalized spacial score (nSPS) is 21.5. The Bertz CT molecular complexity index is 924. The molecule has 0 saturated carbocycles. The van der Waals surface area contributed by atoms with Crippen LogP contribution in [0.3, 0.4) is 0 Å². The van der Waals surface area contributed by atoms with E-state index in [0.29, 0.717) is 0 Å².